The Morgan fingerprint density at radius 1 is 1.00 bits per heavy atom. The van der Waals surface area contributed by atoms with E-state index in [2.05, 4.69) is 5.32 Å². The molecule has 0 fully saturated rings. The summed E-state index contributed by atoms with van der Waals surface area (Å²) in [6.45, 7) is 0. The molecule has 1 N–H and O–H groups in total. The monoisotopic (exact) mass is 291 g/mol. The van der Waals surface area contributed by atoms with Crippen molar-refractivity contribution in [1.82, 2.24) is 5.32 Å². The molecular weight excluding hydrogens is 274 g/mol. The van der Waals surface area contributed by atoms with E-state index in [1.807, 2.05) is 49.5 Å². The predicted octanol–water partition coefficient (Wildman–Crippen LogP) is 3.67. The van der Waals surface area contributed by atoms with Crippen molar-refractivity contribution in [3.63, 3.8) is 0 Å². The van der Waals surface area contributed by atoms with E-state index in [1.165, 1.54) is 0 Å². The smallest absolute Gasteiger partial charge is 0.161 e. The van der Waals surface area contributed by atoms with E-state index in [4.69, 9.17) is 21.1 Å². The minimum absolute atomic E-state index is 0.00325. The average molecular weight is 292 g/mol. The van der Waals surface area contributed by atoms with Gasteiger partial charge in [-0.2, -0.15) is 0 Å². The van der Waals surface area contributed by atoms with E-state index < -0.39 is 0 Å². The van der Waals surface area contributed by atoms with Crippen molar-refractivity contribution in [2.45, 2.75) is 6.04 Å². The second-order valence-corrected chi connectivity index (χ2v) is 4.76. The lowest BCUT2D eigenvalue weighted by Gasteiger charge is -2.20. The van der Waals surface area contributed by atoms with Gasteiger partial charge in [0, 0.05) is 5.02 Å². The molecule has 4 heteroatoms. The van der Waals surface area contributed by atoms with Crippen molar-refractivity contribution in [3.05, 3.63) is 58.6 Å². The van der Waals surface area contributed by atoms with Crippen molar-refractivity contribution in [3.8, 4) is 11.5 Å². The van der Waals surface area contributed by atoms with Gasteiger partial charge in [-0.3, -0.25) is 0 Å². The highest BCUT2D eigenvalue weighted by Gasteiger charge is 2.16. The molecule has 0 aliphatic carbocycles. The van der Waals surface area contributed by atoms with E-state index in [0.29, 0.717) is 11.5 Å². The maximum atomic E-state index is 6.28. The molecule has 0 amide bonds. The molecule has 106 valence electrons. The zero-order valence-electron chi connectivity index (χ0n) is 11.8. The minimum atomic E-state index is 0.00325. The van der Waals surface area contributed by atoms with E-state index in [-0.39, 0.29) is 6.04 Å². The molecule has 0 aromatic heterocycles. The van der Waals surface area contributed by atoms with Crippen molar-refractivity contribution in [1.29, 1.82) is 0 Å². The third kappa shape index (κ3) is 2.89. The lowest BCUT2D eigenvalue weighted by atomic mass is 9.98. The van der Waals surface area contributed by atoms with Crippen LogP contribution >= 0.6 is 11.6 Å². The molecule has 0 radical (unpaired) electrons. The van der Waals surface area contributed by atoms with Gasteiger partial charge in [0.2, 0.25) is 0 Å². The number of ether oxygens (including phenoxy) is 2. The van der Waals surface area contributed by atoms with E-state index in [1.54, 1.807) is 14.2 Å². The summed E-state index contributed by atoms with van der Waals surface area (Å²) in [6, 6.07) is 13.7. The first-order valence-electron chi connectivity index (χ1n) is 6.35. The van der Waals surface area contributed by atoms with Crippen LogP contribution in [-0.4, -0.2) is 21.3 Å². The third-order valence-electron chi connectivity index (χ3n) is 3.25. The highest BCUT2D eigenvalue weighted by Crippen LogP contribution is 2.34. The topological polar surface area (TPSA) is 30.5 Å². The molecule has 0 saturated carbocycles. The molecule has 1 unspecified atom stereocenters. The van der Waals surface area contributed by atoms with Crippen LogP contribution < -0.4 is 14.8 Å². The minimum Gasteiger partial charge on any atom is -0.493 e. The Balaban J connectivity index is 2.45. The Hall–Kier alpha value is -1.71. The van der Waals surface area contributed by atoms with Crippen LogP contribution in [0.1, 0.15) is 17.2 Å². The molecule has 2 rings (SSSR count). The first-order valence-corrected chi connectivity index (χ1v) is 6.72. The van der Waals surface area contributed by atoms with Crippen molar-refractivity contribution in [2.24, 2.45) is 0 Å². The lowest BCUT2D eigenvalue weighted by Crippen LogP contribution is -2.18. The largest absolute Gasteiger partial charge is 0.493 e. The first kappa shape index (κ1) is 14.7. The summed E-state index contributed by atoms with van der Waals surface area (Å²) in [5.41, 5.74) is 2.10. The second kappa shape index (κ2) is 6.64. The Labute approximate surface area is 124 Å². The molecule has 0 heterocycles. The Morgan fingerprint density at radius 3 is 2.30 bits per heavy atom. The maximum absolute atomic E-state index is 6.28. The quantitative estimate of drug-likeness (QED) is 0.912. The van der Waals surface area contributed by atoms with E-state index >= 15 is 0 Å². The summed E-state index contributed by atoms with van der Waals surface area (Å²) in [5, 5.41) is 4.02. The normalized spacial score (nSPS) is 12.0. The van der Waals surface area contributed by atoms with E-state index in [0.717, 1.165) is 16.1 Å². The molecule has 0 spiro atoms. The zero-order valence-corrected chi connectivity index (χ0v) is 12.6. The number of methoxy groups -OCH3 is 2. The van der Waals surface area contributed by atoms with Crippen molar-refractivity contribution >= 4 is 11.6 Å². The van der Waals surface area contributed by atoms with Gasteiger partial charge < -0.3 is 14.8 Å². The van der Waals surface area contributed by atoms with Gasteiger partial charge in [-0.05, 0) is 36.4 Å². The van der Waals surface area contributed by atoms with Crippen LogP contribution in [-0.2, 0) is 0 Å². The Kier molecular flexibility index (Phi) is 4.88. The molecular formula is C16H18ClNO2. The van der Waals surface area contributed by atoms with Gasteiger partial charge in [0.15, 0.2) is 11.5 Å². The highest BCUT2D eigenvalue weighted by atomic mass is 35.5. The number of hydrogen-bond acceptors (Lipinski definition) is 3. The number of hydrogen-bond donors (Lipinski definition) is 1. The summed E-state index contributed by atoms with van der Waals surface area (Å²) >= 11 is 6.28. The van der Waals surface area contributed by atoms with Crippen LogP contribution in [0.2, 0.25) is 5.02 Å². The average Bonchev–Trinajstić information content (AvgIpc) is 2.49. The molecule has 0 bridgehead atoms. The van der Waals surface area contributed by atoms with Gasteiger partial charge in [-0.15, -0.1) is 0 Å². The van der Waals surface area contributed by atoms with Crippen molar-refractivity contribution in [2.75, 3.05) is 21.3 Å². The van der Waals surface area contributed by atoms with Crippen LogP contribution in [0, 0.1) is 0 Å². The van der Waals surface area contributed by atoms with Gasteiger partial charge in [-0.25, -0.2) is 0 Å². The van der Waals surface area contributed by atoms with Crippen LogP contribution in [0.15, 0.2) is 42.5 Å². The fourth-order valence-corrected chi connectivity index (χ4v) is 2.49. The standard InChI is InChI=1S/C16H18ClNO2/c1-18-16(12-6-4-5-7-13(12)17)11-8-9-14(19-2)15(10-11)20-3/h4-10,16,18H,1-3H3. The van der Waals surface area contributed by atoms with Crippen LogP contribution in [0.5, 0.6) is 11.5 Å². The molecule has 2 aromatic carbocycles. The van der Waals surface area contributed by atoms with Crippen LogP contribution in [0.3, 0.4) is 0 Å². The Morgan fingerprint density at radius 2 is 1.70 bits per heavy atom. The fourth-order valence-electron chi connectivity index (χ4n) is 2.24. The number of benzene rings is 2. The van der Waals surface area contributed by atoms with Gasteiger partial charge in [0.1, 0.15) is 0 Å². The van der Waals surface area contributed by atoms with Gasteiger partial charge in [0.05, 0.1) is 20.3 Å². The summed E-state index contributed by atoms with van der Waals surface area (Å²) in [7, 11) is 5.16. The SMILES string of the molecule is CNC(c1ccc(OC)c(OC)c1)c1ccccc1Cl. The number of nitrogens with one attached hydrogen (secondary N) is 1. The highest BCUT2D eigenvalue weighted by molar-refractivity contribution is 6.31. The summed E-state index contributed by atoms with van der Waals surface area (Å²) in [6.07, 6.45) is 0. The lowest BCUT2D eigenvalue weighted by molar-refractivity contribution is 0.354. The van der Waals surface area contributed by atoms with Crippen LogP contribution in [0.25, 0.3) is 0 Å². The van der Waals surface area contributed by atoms with E-state index in [9.17, 15) is 0 Å². The zero-order chi connectivity index (χ0) is 14.5. The van der Waals surface area contributed by atoms with Crippen molar-refractivity contribution < 1.29 is 9.47 Å². The fraction of sp³-hybridized carbons (Fsp3) is 0.250. The predicted molar refractivity (Wildman–Crippen MR) is 81.9 cm³/mol. The first-order chi connectivity index (χ1) is 9.71. The summed E-state index contributed by atoms with van der Waals surface area (Å²) in [4.78, 5) is 0. The molecule has 0 aliphatic heterocycles. The summed E-state index contributed by atoms with van der Waals surface area (Å²) < 4.78 is 10.6. The molecule has 0 aliphatic rings. The molecule has 1 atom stereocenters. The molecule has 3 nitrogen and oxygen atoms in total. The third-order valence-corrected chi connectivity index (χ3v) is 3.59. The van der Waals surface area contributed by atoms with Gasteiger partial charge in [-0.1, -0.05) is 35.9 Å². The van der Waals surface area contributed by atoms with Crippen LogP contribution in [0.4, 0.5) is 0 Å². The van der Waals surface area contributed by atoms with Gasteiger partial charge in [0.25, 0.3) is 0 Å². The molecule has 0 saturated heterocycles. The number of halogens is 1. The molecule has 2 aromatic rings. The second-order valence-electron chi connectivity index (χ2n) is 4.36. The molecule has 20 heavy (non-hydrogen) atoms. The van der Waals surface area contributed by atoms with Gasteiger partial charge >= 0.3 is 0 Å². The Bertz CT molecular complexity index is 586. The number of rotatable bonds is 5. The summed E-state index contributed by atoms with van der Waals surface area (Å²) in [5.74, 6) is 1.42. The maximum Gasteiger partial charge on any atom is 0.161 e.